The van der Waals surface area contributed by atoms with Crippen LogP contribution in [0.15, 0.2) is 11.8 Å². The summed E-state index contributed by atoms with van der Waals surface area (Å²) < 4.78 is 0. The van der Waals surface area contributed by atoms with E-state index in [1.165, 1.54) is 5.57 Å². The van der Waals surface area contributed by atoms with Crippen LogP contribution in [0.3, 0.4) is 0 Å². The van der Waals surface area contributed by atoms with Gasteiger partial charge in [0.05, 0.1) is 5.92 Å². The number of hydrazine groups is 1. The smallest absolute Gasteiger partial charge is 0.245 e. The van der Waals surface area contributed by atoms with Crippen molar-refractivity contribution in [2.24, 2.45) is 5.92 Å². The van der Waals surface area contributed by atoms with Gasteiger partial charge in [-0.2, -0.15) is 0 Å². The molecule has 0 aromatic rings. The molecule has 3 heteroatoms. The van der Waals surface area contributed by atoms with E-state index in [-0.39, 0.29) is 11.8 Å². The van der Waals surface area contributed by atoms with Gasteiger partial charge in [-0.3, -0.25) is 10.2 Å². The number of amides is 1. The lowest BCUT2D eigenvalue weighted by atomic mass is 9.79. The molecule has 3 nitrogen and oxygen atoms in total. The minimum Gasteiger partial charge on any atom is -0.306 e. The van der Waals surface area contributed by atoms with Gasteiger partial charge < -0.3 is 5.43 Å². The molecule has 1 fully saturated rings. The van der Waals surface area contributed by atoms with E-state index in [1.807, 2.05) is 6.20 Å². The molecule has 2 aliphatic rings. The molecule has 1 atom stereocenters. The van der Waals surface area contributed by atoms with Crippen LogP contribution in [0.25, 0.3) is 0 Å². The van der Waals surface area contributed by atoms with Gasteiger partial charge in [0.1, 0.15) is 0 Å². The van der Waals surface area contributed by atoms with E-state index >= 15 is 0 Å². The van der Waals surface area contributed by atoms with Gasteiger partial charge in [-0.1, -0.05) is 0 Å². The first-order valence-electron chi connectivity index (χ1n) is 3.12. The molecule has 0 spiro atoms. The molecule has 0 aromatic carbocycles. The van der Waals surface area contributed by atoms with Gasteiger partial charge in [-0.05, 0) is 18.4 Å². The highest BCUT2D eigenvalue weighted by Crippen LogP contribution is 2.33. The summed E-state index contributed by atoms with van der Waals surface area (Å²) in [5.74, 6) is 0.324. The first-order valence-corrected chi connectivity index (χ1v) is 3.12. The maximum atomic E-state index is 10.8. The molecule has 48 valence electrons. The minimum atomic E-state index is 0.124. The number of hydrogen-bond acceptors (Lipinski definition) is 2. The lowest BCUT2D eigenvalue weighted by Gasteiger charge is -2.32. The van der Waals surface area contributed by atoms with Crippen molar-refractivity contribution in [2.45, 2.75) is 12.8 Å². The van der Waals surface area contributed by atoms with Crippen molar-refractivity contribution in [2.75, 3.05) is 0 Å². The van der Waals surface area contributed by atoms with Crippen LogP contribution in [0.4, 0.5) is 0 Å². The van der Waals surface area contributed by atoms with E-state index in [4.69, 9.17) is 0 Å². The van der Waals surface area contributed by atoms with Crippen LogP contribution in [0.5, 0.6) is 0 Å². The Labute approximate surface area is 53.1 Å². The average molecular weight is 124 g/mol. The SMILES string of the molecule is O=C1NNC=C2CCC12. The largest absolute Gasteiger partial charge is 0.306 e. The summed E-state index contributed by atoms with van der Waals surface area (Å²) in [5, 5.41) is 0. The lowest BCUT2D eigenvalue weighted by Crippen LogP contribution is -2.46. The van der Waals surface area contributed by atoms with E-state index in [0.717, 1.165) is 12.8 Å². The summed E-state index contributed by atoms with van der Waals surface area (Å²) in [4.78, 5) is 10.8. The Hall–Kier alpha value is -0.990. The Balaban J connectivity index is 2.24. The van der Waals surface area contributed by atoms with E-state index < -0.39 is 0 Å². The van der Waals surface area contributed by atoms with Crippen LogP contribution in [-0.2, 0) is 4.79 Å². The maximum Gasteiger partial charge on any atom is 0.245 e. The highest BCUT2D eigenvalue weighted by molar-refractivity contribution is 5.83. The third-order valence-electron chi connectivity index (χ3n) is 1.94. The van der Waals surface area contributed by atoms with Crippen molar-refractivity contribution in [1.82, 2.24) is 10.9 Å². The Bertz CT molecular complexity index is 185. The maximum absolute atomic E-state index is 10.8. The standard InChI is InChI=1S/C6H8N2O/c9-6-5-2-1-4(5)3-7-8-6/h3,5,7H,1-2H2,(H,8,9). The van der Waals surface area contributed by atoms with E-state index in [0.29, 0.717) is 0 Å². The van der Waals surface area contributed by atoms with Crippen molar-refractivity contribution in [3.05, 3.63) is 11.8 Å². The van der Waals surface area contributed by atoms with Crippen molar-refractivity contribution in [3.8, 4) is 0 Å². The zero-order valence-electron chi connectivity index (χ0n) is 4.98. The summed E-state index contributed by atoms with van der Waals surface area (Å²) >= 11 is 0. The zero-order chi connectivity index (χ0) is 6.27. The number of carbonyl (C=O) groups is 1. The molecule has 2 rings (SSSR count). The first kappa shape index (κ1) is 4.85. The lowest BCUT2D eigenvalue weighted by molar-refractivity contribution is -0.126. The first-order chi connectivity index (χ1) is 4.38. The van der Waals surface area contributed by atoms with Crippen LogP contribution in [0.1, 0.15) is 12.8 Å². The molecule has 1 heterocycles. The van der Waals surface area contributed by atoms with Crippen LogP contribution in [0.2, 0.25) is 0 Å². The molecule has 0 bridgehead atoms. The number of rotatable bonds is 0. The number of nitrogens with one attached hydrogen (secondary N) is 2. The van der Waals surface area contributed by atoms with Crippen molar-refractivity contribution < 1.29 is 4.79 Å². The Morgan fingerprint density at radius 3 is 3.00 bits per heavy atom. The van der Waals surface area contributed by atoms with Gasteiger partial charge in [0.25, 0.3) is 0 Å². The molecular weight excluding hydrogens is 116 g/mol. The van der Waals surface area contributed by atoms with Crippen molar-refractivity contribution in [1.29, 1.82) is 0 Å². The minimum absolute atomic E-state index is 0.124. The summed E-state index contributed by atoms with van der Waals surface area (Å²) in [5.41, 5.74) is 6.50. The third kappa shape index (κ3) is 0.542. The van der Waals surface area contributed by atoms with E-state index in [2.05, 4.69) is 10.9 Å². The van der Waals surface area contributed by atoms with Crippen LogP contribution in [-0.4, -0.2) is 5.91 Å². The molecule has 2 N–H and O–H groups in total. The molecule has 1 aliphatic heterocycles. The van der Waals surface area contributed by atoms with Gasteiger partial charge in [-0.15, -0.1) is 0 Å². The van der Waals surface area contributed by atoms with Gasteiger partial charge in [0, 0.05) is 6.20 Å². The summed E-state index contributed by atoms with van der Waals surface area (Å²) in [6.07, 6.45) is 4.00. The predicted octanol–water partition coefficient (Wildman–Crippen LogP) is -0.0853. The van der Waals surface area contributed by atoms with Crippen LogP contribution in [0, 0.1) is 5.92 Å². The Morgan fingerprint density at radius 2 is 2.56 bits per heavy atom. The molecule has 0 saturated heterocycles. The molecule has 9 heavy (non-hydrogen) atoms. The fraction of sp³-hybridized carbons (Fsp3) is 0.500. The molecule has 0 radical (unpaired) electrons. The molecule has 1 aliphatic carbocycles. The molecule has 1 amide bonds. The van der Waals surface area contributed by atoms with Gasteiger partial charge >= 0.3 is 0 Å². The fourth-order valence-electron chi connectivity index (χ4n) is 1.21. The second-order valence-electron chi connectivity index (χ2n) is 2.44. The Morgan fingerprint density at radius 1 is 1.67 bits per heavy atom. The van der Waals surface area contributed by atoms with Crippen LogP contribution < -0.4 is 10.9 Å². The van der Waals surface area contributed by atoms with Crippen molar-refractivity contribution >= 4 is 5.91 Å². The van der Waals surface area contributed by atoms with E-state index in [9.17, 15) is 4.79 Å². The van der Waals surface area contributed by atoms with Crippen LogP contribution >= 0.6 is 0 Å². The van der Waals surface area contributed by atoms with Gasteiger partial charge in [0.15, 0.2) is 0 Å². The van der Waals surface area contributed by atoms with Crippen molar-refractivity contribution in [3.63, 3.8) is 0 Å². The molecular formula is C6H8N2O. The summed E-state index contributed by atoms with van der Waals surface area (Å²) in [7, 11) is 0. The molecule has 1 unspecified atom stereocenters. The highest BCUT2D eigenvalue weighted by Gasteiger charge is 2.32. The second kappa shape index (κ2) is 1.50. The number of fused-ring (bicyclic) bond motifs is 1. The molecule has 1 saturated carbocycles. The average Bonchev–Trinajstić information content (AvgIpc) is 1.74. The van der Waals surface area contributed by atoms with Gasteiger partial charge in [-0.25, -0.2) is 0 Å². The molecule has 0 aromatic heterocycles. The fourth-order valence-corrected chi connectivity index (χ4v) is 1.21. The quantitative estimate of drug-likeness (QED) is 0.474. The number of hydrogen-bond donors (Lipinski definition) is 2. The second-order valence-corrected chi connectivity index (χ2v) is 2.44. The monoisotopic (exact) mass is 124 g/mol. The summed E-state index contributed by atoms with van der Waals surface area (Å²) in [6, 6.07) is 0. The van der Waals surface area contributed by atoms with Gasteiger partial charge in [0.2, 0.25) is 5.91 Å². The topological polar surface area (TPSA) is 41.1 Å². The highest BCUT2D eigenvalue weighted by atomic mass is 16.2. The third-order valence-corrected chi connectivity index (χ3v) is 1.94. The summed E-state index contributed by atoms with van der Waals surface area (Å²) in [6.45, 7) is 0. The zero-order valence-corrected chi connectivity index (χ0v) is 4.98. The number of carbonyl (C=O) groups excluding carboxylic acids is 1. The predicted molar refractivity (Wildman–Crippen MR) is 32.1 cm³/mol. The normalized spacial score (nSPS) is 30.9. The van der Waals surface area contributed by atoms with E-state index in [1.54, 1.807) is 0 Å². The Kier molecular flexibility index (Phi) is 0.806.